The van der Waals surface area contributed by atoms with Crippen molar-refractivity contribution in [3.05, 3.63) is 65.2 Å². The van der Waals surface area contributed by atoms with E-state index in [9.17, 15) is 28.3 Å². The van der Waals surface area contributed by atoms with E-state index >= 15 is 0 Å². The van der Waals surface area contributed by atoms with Gasteiger partial charge in [0.1, 0.15) is 35.6 Å². The molecule has 7 nitrogen and oxygen atoms in total. The molecule has 3 rings (SSSR count). The molecule has 2 aromatic rings. The Labute approximate surface area is 171 Å². The van der Waals surface area contributed by atoms with E-state index in [0.29, 0.717) is 11.3 Å². The van der Waals surface area contributed by atoms with Crippen molar-refractivity contribution in [3.8, 4) is 5.75 Å². The van der Waals surface area contributed by atoms with Crippen molar-refractivity contribution in [1.82, 2.24) is 10.2 Å². The molecule has 0 radical (unpaired) electrons. The summed E-state index contributed by atoms with van der Waals surface area (Å²) in [6.07, 6.45) is -1.25. The second-order valence-corrected chi connectivity index (χ2v) is 7.14. The number of amides is 3. The lowest BCUT2D eigenvalue weighted by Gasteiger charge is -2.23. The number of halogens is 2. The molecule has 1 saturated heterocycles. The van der Waals surface area contributed by atoms with E-state index in [1.54, 1.807) is 18.2 Å². The molecule has 0 aromatic heterocycles. The number of benzene rings is 2. The van der Waals surface area contributed by atoms with Crippen LogP contribution in [0.1, 0.15) is 29.8 Å². The fraction of sp³-hybridized carbons (Fsp3) is 0.286. The van der Waals surface area contributed by atoms with Crippen LogP contribution in [0.2, 0.25) is 0 Å². The molecule has 30 heavy (non-hydrogen) atoms. The number of carbonyl (C=O) groups excluding carboxylic acids is 3. The van der Waals surface area contributed by atoms with Crippen LogP contribution >= 0.6 is 0 Å². The molecule has 0 aliphatic carbocycles. The molecule has 2 N–H and O–H groups in total. The predicted molar refractivity (Wildman–Crippen MR) is 102 cm³/mol. The van der Waals surface area contributed by atoms with Crippen molar-refractivity contribution < 1.29 is 33.0 Å². The average Bonchev–Trinajstić information content (AvgIpc) is 2.92. The first-order valence-electron chi connectivity index (χ1n) is 9.13. The summed E-state index contributed by atoms with van der Waals surface area (Å²) in [4.78, 5) is 37.2. The van der Waals surface area contributed by atoms with E-state index in [1.165, 1.54) is 19.9 Å². The third-order valence-electron chi connectivity index (χ3n) is 4.82. The van der Waals surface area contributed by atoms with Gasteiger partial charge in [0.15, 0.2) is 5.78 Å². The molecule has 0 saturated carbocycles. The van der Waals surface area contributed by atoms with Gasteiger partial charge in [-0.15, -0.1) is 0 Å². The van der Waals surface area contributed by atoms with Crippen molar-refractivity contribution in [2.75, 3.05) is 13.2 Å². The highest BCUT2D eigenvalue weighted by Crippen LogP contribution is 2.31. The maximum Gasteiger partial charge on any atom is 0.325 e. The standard InChI is InChI=1S/C21H20F2N2O5/c1-12(26)13-4-3-5-16(8-13)30-11-15(27)10-25-19(28)21(2,24-20(25)29)17-9-14(22)6-7-18(17)23/h3-9,15,27H,10-11H2,1-2H3,(H,24,29)/t15-,21-/m0/s1. The molecule has 9 heteroatoms. The van der Waals surface area contributed by atoms with E-state index in [0.717, 1.165) is 23.1 Å². The van der Waals surface area contributed by atoms with Crippen molar-refractivity contribution in [1.29, 1.82) is 0 Å². The SMILES string of the molecule is CC(=O)c1cccc(OC[C@@H](O)CN2C(=O)N[C@@](C)(c3cc(F)ccc3F)C2=O)c1. The Morgan fingerprint density at radius 3 is 2.67 bits per heavy atom. The molecule has 0 bridgehead atoms. The highest BCUT2D eigenvalue weighted by atomic mass is 19.1. The van der Waals surface area contributed by atoms with Gasteiger partial charge in [0.2, 0.25) is 0 Å². The van der Waals surface area contributed by atoms with Gasteiger partial charge in [0.25, 0.3) is 5.91 Å². The van der Waals surface area contributed by atoms with Crippen molar-refractivity contribution in [3.63, 3.8) is 0 Å². The van der Waals surface area contributed by atoms with Crippen LogP contribution in [0.15, 0.2) is 42.5 Å². The van der Waals surface area contributed by atoms with Gasteiger partial charge in [-0.05, 0) is 44.2 Å². The number of imide groups is 1. The predicted octanol–water partition coefficient (Wildman–Crippen LogP) is 2.37. The summed E-state index contributed by atoms with van der Waals surface area (Å²) in [7, 11) is 0. The van der Waals surface area contributed by atoms with Gasteiger partial charge in [0, 0.05) is 11.1 Å². The Bertz CT molecular complexity index is 1010. The number of carbonyl (C=O) groups is 3. The molecule has 1 heterocycles. The molecule has 2 aromatic carbocycles. The smallest absolute Gasteiger partial charge is 0.325 e. The monoisotopic (exact) mass is 418 g/mol. The molecule has 1 fully saturated rings. The zero-order valence-corrected chi connectivity index (χ0v) is 16.3. The highest BCUT2D eigenvalue weighted by molar-refractivity contribution is 6.07. The Hall–Kier alpha value is -3.33. The summed E-state index contributed by atoms with van der Waals surface area (Å²) in [5, 5.41) is 12.6. The molecule has 0 unspecified atom stereocenters. The van der Waals surface area contributed by atoms with Gasteiger partial charge < -0.3 is 15.2 Å². The number of ketones is 1. The average molecular weight is 418 g/mol. The molecule has 3 amide bonds. The summed E-state index contributed by atoms with van der Waals surface area (Å²) in [5.41, 5.74) is -1.68. The molecule has 1 aliphatic rings. The van der Waals surface area contributed by atoms with E-state index in [-0.39, 0.29) is 18.0 Å². The fourth-order valence-electron chi connectivity index (χ4n) is 3.19. The number of nitrogens with one attached hydrogen (secondary N) is 1. The summed E-state index contributed by atoms with van der Waals surface area (Å²) in [6, 6.07) is 8.12. The normalized spacial score (nSPS) is 19.6. The lowest BCUT2D eigenvalue weighted by Crippen LogP contribution is -2.43. The Balaban J connectivity index is 1.69. The minimum atomic E-state index is -1.81. The zero-order valence-electron chi connectivity index (χ0n) is 16.3. The number of urea groups is 1. The first-order valence-corrected chi connectivity index (χ1v) is 9.13. The number of nitrogens with zero attached hydrogens (tertiary/aromatic N) is 1. The molecule has 1 aliphatic heterocycles. The second-order valence-electron chi connectivity index (χ2n) is 7.14. The van der Waals surface area contributed by atoms with E-state index in [1.807, 2.05) is 0 Å². The van der Waals surface area contributed by atoms with Crippen LogP contribution in [-0.2, 0) is 10.3 Å². The van der Waals surface area contributed by atoms with Crippen LogP contribution in [0, 0.1) is 11.6 Å². The van der Waals surface area contributed by atoms with Crippen LogP contribution < -0.4 is 10.1 Å². The second kappa shape index (κ2) is 8.19. The first-order chi connectivity index (χ1) is 14.1. The Kier molecular flexibility index (Phi) is 5.84. The Morgan fingerprint density at radius 2 is 1.97 bits per heavy atom. The minimum Gasteiger partial charge on any atom is -0.491 e. The summed E-state index contributed by atoms with van der Waals surface area (Å²) < 4.78 is 33.2. The number of β-amino-alcohol motifs (C(OH)–C–C–N with tert-alkyl or cyclic N) is 1. The van der Waals surface area contributed by atoms with Crippen LogP contribution in [-0.4, -0.2) is 47.0 Å². The number of Topliss-reactive ketones (excluding diaryl/α,β-unsaturated/α-hetero) is 1. The third kappa shape index (κ3) is 4.16. The molecular weight excluding hydrogens is 398 g/mol. The number of ether oxygens (including phenoxy) is 1. The topological polar surface area (TPSA) is 95.9 Å². The van der Waals surface area contributed by atoms with Crippen molar-refractivity contribution in [2.24, 2.45) is 0 Å². The molecule has 2 atom stereocenters. The summed E-state index contributed by atoms with van der Waals surface area (Å²) in [5.74, 6) is -2.23. The van der Waals surface area contributed by atoms with Gasteiger partial charge in [0.05, 0.1) is 6.54 Å². The van der Waals surface area contributed by atoms with Gasteiger partial charge in [-0.3, -0.25) is 14.5 Å². The maximum atomic E-state index is 14.2. The van der Waals surface area contributed by atoms with E-state index in [4.69, 9.17) is 4.74 Å². The van der Waals surface area contributed by atoms with Crippen molar-refractivity contribution in [2.45, 2.75) is 25.5 Å². The van der Waals surface area contributed by atoms with E-state index < -0.39 is 41.8 Å². The molecule has 0 spiro atoms. The first kappa shape index (κ1) is 21.4. The van der Waals surface area contributed by atoms with Gasteiger partial charge in [-0.2, -0.15) is 0 Å². The lowest BCUT2D eigenvalue weighted by molar-refractivity contribution is -0.132. The van der Waals surface area contributed by atoms with Crippen LogP contribution in [0.5, 0.6) is 5.75 Å². The fourth-order valence-corrected chi connectivity index (χ4v) is 3.19. The summed E-state index contributed by atoms with van der Waals surface area (Å²) in [6.45, 7) is 2.00. The number of hydrogen-bond acceptors (Lipinski definition) is 5. The van der Waals surface area contributed by atoms with Gasteiger partial charge in [-0.25, -0.2) is 13.6 Å². The van der Waals surface area contributed by atoms with Crippen LogP contribution in [0.3, 0.4) is 0 Å². The molecule has 158 valence electrons. The third-order valence-corrected chi connectivity index (χ3v) is 4.82. The quantitative estimate of drug-likeness (QED) is 0.532. The largest absolute Gasteiger partial charge is 0.491 e. The Morgan fingerprint density at radius 1 is 1.23 bits per heavy atom. The number of hydrogen-bond donors (Lipinski definition) is 2. The van der Waals surface area contributed by atoms with Crippen LogP contribution in [0.4, 0.5) is 13.6 Å². The number of aliphatic hydroxyl groups is 1. The minimum absolute atomic E-state index is 0.149. The van der Waals surface area contributed by atoms with Gasteiger partial charge >= 0.3 is 6.03 Å². The van der Waals surface area contributed by atoms with Gasteiger partial charge in [-0.1, -0.05) is 12.1 Å². The van der Waals surface area contributed by atoms with Crippen LogP contribution in [0.25, 0.3) is 0 Å². The van der Waals surface area contributed by atoms with Crippen molar-refractivity contribution >= 4 is 17.7 Å². The maximum absolute atomic E-state index is 14.2. The number of rotatable bonds is 7. The zero-order chi connectivity index (χ0) is 22.1. The van der Waals surface area contributed by atoms with E-state index in [2.05, 4.69) is 5.32 Å². The highest BCUT2D eigenvalue weighted by Gasteiger charge is 2.50. The molecular formula is C21H20F2N2O5. The summed E-state index contributed by atoms with van der Waals surface area (Å²) >= 11 is 0. The lowest BCUT2D eigenvalue weighted by atomic mass is 9.91. The number of aliphatic hydroxyl groups excluding tert-OH is 1.